The quantitative estimate of drug-likeness (QED) is 0.693. The van der Waals surface area contributed by atoms with Crippen LogP contribution in [0.15, 0.2) is 34.9 Å². The highest BCUT2D eigenvalue weighted by molar-refractivity contribution is 5.76. The van der Waals surface area contributed by atoms with Gasteiger partial charge in [-0.15, -0.1) is 0 Å². The van der Waals surface area contributed by atoms with Gasteiger partial charge >= 0.3 is 5.97 Å². The highest BCUT2D eigenvalue weighted by Gasteiger charge is 2.26. The van der Waals surface area contributed by atoms with Gasteiger partial charge in [-0.3, -0.25) is 9.69 Å². The molecule has 6 heteroatoms. The summed E-state index contributed by atoms with van der Waals surface area (Å²) < 4.78 is 10.5. The van der Waals surface area contributed by atoms with Crippen molar-refractivity contribution in [3.05, 3.63) is 47.6 Å². The Bertz CT molecular complexity index is 640. The van der Waals surface area contributed by atoms with Gasteiger partial charge in [0.25, 0.3) is 0 Å². The van der Waals surface area contributed by atoms with Crippen LogP contribution in [0.5, 0.6) is 0 Å². The van der Waals surface area contributed by atoms with E-state index in [4.69, 9.17) is 9.26 Å². The Morgan fingerprint density at radius 1 is 1.29 bits per heavy atom. The standard InChI is InChI=1S/C18H25N3O3/c1-5-23-18(22)15(11-14-9-7-6-8-10-14)21(4)12-16-19-17(13(2)3)20-24-16/h6-10,13,15H,5,11-12H2,1-4H3/t15-/m0/s1. The molecule has 0 saturated carbocycles. The predicted molar refractivity (Wildman–Crippen MR) is 90.4 cm³/mol. The molecule has 6 nitrogen and oxygen atoms in total. The number of nitrogens with zero attached hydrogens (tertiary/aromatic N) is 3. The molecule has 2 aromatic rings. The maximum absolute atomic E-state index is 12.4. The number of benzene rings is 1. The van der Waals surface area contributed by atoms with E-state index in [1.165, 1.54) is 0 Å². The SMILES string of the molecule is CCOC(=O)[C@H](Cc1ccccc1)N(C)Cc1nc(C(C)C)no1. The molecule has 1 atom stereocenters. The summed E-state index contributed by atoms with van der Waals surface area (Å²) in [6.45, 7) is 6.58. The van der Waals surface area contributed by atoms with E-state index in [0.29, 0.717) is 31.3 Å². The topological polar surface area (TPSA) is 68.5 Å². The van der Waals surface area contributed by atoms with Gasteiger partial charge in [-0.1, -0.05) is 49.3 Å². The second-order valence-electron chi connectivity index (χ2n) is 6.07. The van der Waals surface area contributed by atoms with E-state index in [2.05, 4.69) is 10.1 Å². The van der Waals surface area contributed by atoms with Crippen molar-refractivity contribution in [2.45, 2.75) is 45.7 Å². The maximum atomic E-state index is 12.4. The van der Waals surface area contributed by atoms with Crippen molar-refractivity contribution in [2.24, 2.45) is 0 Å². The van der Waals surface area contributed by atoms with Crippen LogP contribution in [0.4, 0.5) is 0 Å². The fraction of sp³-hybridized carbons (Fsp3) is 0.500. The van der Waals surface area contributed by atoms with Crippen LogP contribution < -0.4 is 0 Å². The molecule has 0 radical (unpaired) electrons. The summed E-state index contributed by atoms with van der Waals surface area (Å²) in [5, 5.41) is 3.96. The summed E-state index contributed by atoms with van der Waals surface area (Å²) in [7, 11) is 1.86. The number of ether oxygens (including phenoxy) is 1. The van der Waals surface area contributed by atoms with Crippen molar-refractivity contribution in [1.82, 2.24) is 15.0 Å². The van der Waals surface area contributed by atoms with Crippen molar-refractivity contribution < 1.29 is 14.1 Å². The Kier molecular flexibility index (Phi) is 6.49. The normalized spacial score (nSPS) is 12.6. The number of aromatic nitrogens is 2. The third-order valence-electron chi connectivity index (χ3n) is 3.75. The van der Waals surface area contributed by atoms with Gasteiger partial charge in [-0.05, 0) is 26.0 Å². The molecular weight excluding hydrogens is 306 g/mol. The first-order valence-electron chi connectivity index (χ1n) is 8.24. The fourth-order valence-corrected chi connectivity index (χ4v) is 2.39. The summed E-state index contributed by atoms with van der Waals surface area (Å²) in [5.74, 6) is 1.14. The van der Waals surface area contributed by atoms with Crippen molar-refractivity contribution in [1.29, 1.82) is 0 Å². The minimum absolute atomic E-state index is 0.206. The molecule has 0 amide bonds. The molecule has 0 unspecified atom stereocenters. The Balaban J connectivity index is 2.10. The molecule has 24 heavy (non-hydrogen) atoms. The molecular formula is C18H25N3O3. The number of rotatable bonds is 8. The first-order chi connectivity index (χ1) is 11.5. The maximum Gasteiger partial charge on any atom is 0.323 e. The second-order valence-corrected chi connectivity index (χ2v) is 6.07. The molecule has 0 aliphatic rings. The molecule has 1 aromatic carbocycles. The van der Waals surface area contributed by atoms with Gasteiger partial charge in [0.15, 0.2) is 5.82 Å². The molecule has 0 spiro atoms. The van der Waals surface area contributed by atoms with Crippen LogP contribution in [0.3, 0.4) is 0 Å². The molecule has 1 aromatic heterocycles. The van der Waals surface area contributed by atoms with E-state index in [9.17, 15) is 4.79 Å². The lowest BCUT2D eigenvalue weighted by Gasteiger charge is -2.25. The van der Waals surface area contributed by atoms with E-state index in [1.807, 2.05) is 63.1 Å². The summed E-state index contributed by atoms with van der Waals surface area (Å²) in [5.41, 5.74) is 1.08. The smallest absolute Gasteiger partial charge is 0.323 e. The largest absolute Gasteiger partial charge is 0.465 e. The fourth-order valence-electron chi connectivity index (χ4n) is 2.39. The monoisotopic (exact) mass is 331 g/mol. The average Bonchev–Trinajstić information content (AvgIpc) is 3.02. The second kappa shape index (κ2) is 8.59. The zero-order valence-electron chi connectivity index (χ0n) is 14.7. The molecule has 0 aliphatic carbocycles. The minimum atomic E-state index is -0.401. The highest BCUT2D eigenvalue weighted by Crippen LogP contribution is 2.14. The van der Waals surface area contributed by atoms with Gasteiger partial charge in [0.2, 0.25) is 5.89 Å². The molecule has 0 N–H and O–H groups in total. The summed E-state index contributed by atoms with van der Waals surface area (Å²) >= 11 is 0. The van der Waals surface area contributed by atoms with Gasteiger partial charge in [-0.2, -0.15) is 4.98 Å². The molecule has 0 bridgehead atoms. The van der Waals surface area contributed by atoms with Crippen LogP contribution in [0.2, 0.25) is 0 Å². The molecule has 0 saturated heterocycles. The summed E-state index contributed by atoms with van der Waals surface area (Å²) in [4.78, 5) is 18.6. The Morgan fingerprint density at radius 3 is 2.58 bits per heavy atom. The lowest BCUT2D eigenvalue weighted by molar-refractivity contribution is -0.149. The number of esters is 1. The zero-order valence-corrected chi connectivity index (χ0v) is 14.7. The van der Waals surface area contributed by atoms with Crippen LogP contribution in [0, 0.1) is 0 Å². The first kappa shape index (κ1) is 18.1. The van der Waals surface area contributed by atoms with Crippen molar-refractivity contribution in [3.8, 4) is 0 Å². The van der Waals surface area contributed by atoms with Gasteiger partial charge < -0.3 is 9.26 Å². The van der Waals surface area contributed by atoms with E-state index in [-0.39, 0.29) is 11.9 Å². The zero-order chi connectivity index (χ0) is 17.5. The third-order valence-corrected chi connectivity index (χ3v) is 3.75. The van der Waals surface area contributed by atoms with Gasteiger partial charge in [0.05, 0.1) is 13.2 Å². The van der Waals surface area contributed by atoms with Crippen molar-refractivity contribution >= 4 is 5.97 Å². The lowest BCUT2D eigenvalue weighted by Crippen LogP contribution is -2.41. The number of carbonyl (C=O) groups excluding carboxylic acids is 1. The van der Waals surface area contributed by atoms with Crippen LogP contribution >= 0.6 is 0 Å². The molecule has 2 rings (SSSR count). The molecule has 130 valence electrons. The summed E-state index contributed by atoms with van der Waals surface area (Å²) in [6, 6.07) is 9.49. The van der Waals surface area contributed by atoms with E-state index >= 15 is 0 Å². The van der Waals surface area contributed by atoms with Gasteiger partial charge in [0.1, 0.15) is 6.04 Å². The Morgan fingerprint density at radius 2 is 2.00 bits per heavy atom. The molecule has 1 heterocycles. The minimum Gasteiger partial charge on any atom is -0.465 e. The Hall–Kier alpha value is -2.21. The molecule has 0 aliphatic heterocycles. The average molecular weight is 331 g/mol. The summed E-state index contributed by atoms with van der Waals surface area (Å²) in [6.07, 6.45) is 0.571. The number of hydrogen-bond donors (Lipinski definition) is 0. The van der Waals surface area contributed by atoms with E-state index < -0.39 is 6.04 Å². The first-order valence-corrected chi connectivity index (χ1v) is 8.24. The van der Waals surface area contributed by atoms with Crippen LogP contribution in [-0.4, -0.2) is 40.7 Å². The number of hydrogen-bond acceptors (Lipinski definition) is 6. The van der Waals surface area contributed by atoms with Crippen LogP contribution in [-0.2, 0) is 22.5 Å². The number of likely N-dealkylation sites (N-methyl/N-ethyl adjacent to an activating group) is 1. The van der Waals surface area contributed by atoms with E-state index in [0.717, 1.165) is 5.56 Å². The van der Waals surface area contributed by atoms with Gasteiger partial charge in [0, 0.05) is 5.92 Å². The van der Waals surface area contributed by atoms with Crippen molar-refractivity contribution in [3.63, 3.8) is 0 Å². The van der Waals surface area contributed by atoms with E-state index in [1.54, 1.807) is 0 Å². The van der Waals surface area contributed by atoms with Crippen molar-refractivity contribution in [2.75, 3.05) is 13.7 Å². The number of carbonyl (C=O) groups is 1. The lowest BCUT2D eigenvalue weighted by atomic mass is 10.0. The van der Waals surface area contributed by atoms with Crippen LogP contribution in [0.25, 0.3) is 0 Å². The highest BCUT2D eigenvalue weighted by atomic mass is 16.5. The predicted octanol–water partition coefficient (Wildman–Crippen LogP) is 2.80. The third kappa shape index (κ3) is 4.89. The molecule has 0 fully saturated rings. The van der Waals surface area contributed by atoms with Gasteiger partial charge in [-0.25, -0.2) is 0 Å². The Labute approximate surface area is 142 Å². The van der Waals surface area contributed by atoms with Crippen LogP contribution in [0.1, 0.15) is 44.0 Å².